The highest BCUT2D eigenvalue weighted by atomic mass is 16.6. The lowest BCUT2D eigenvalue weighted by Crippen LogP contribution is -2.25. The van der Waals surface area contributed by atoms with Crippen LogP contribution in [0.4, 0.5) is 0 Å². The Morgan fingerprint density at radius 2 is 1.56 bits per heavy atom. The fraction of sp³-hybridized carbons (Fsp3) is 0.344. The van der Waals surface area contributed by atoms with Crippen LogP contribution in [0.2, 0.25) is 0 Å². The minimum Gasteiger partial charge on any atom is -0.490 e. The number of nitrogens with zero attached hydrogens (tertiary/aromatic N) is 1. The van der Waals surface area contributed by atoms with Gasteiger partial charge in [-0.1, -0.05) is 65.0 Å². The molecule has 7 nitrogen and oxygen atoms in total. The zero-order valence-corrected chi connectivity index (χ0v) is 23.6. The molecule has 0 saturated carbocycles. The molecule has 0 heterocycles. The standard InChI is InChI=1S/C32H38N2O5/c1-7-37-28-19-23(13-18-27(28)39-30(36)24-11-9-8-10-12-24)20-33-34-29(35)21-38-26-16-14-25(15-17-26)32(5,6)22-31(2,3)4/h8-20H,7,21-22H2,1-6H3,(H,34,35). The third-order valence-corrected chi connectivity index (χ3v) is 5.86. The van der Waals surface area contributed by atoms with Crippen LogP contribution in [-0.2, 0) is 10.2 Å². The first-order chi connectivity index (χ1) is 18.5. The van der Waals surface area contributed by atoms with Crippen LogP contribution < -0.4 is 19.6 Å². The molecule has 1 N–H and O–H groups in total. The summed E-state index contributed by atoms with van der Waals surface area (Å²) in [7, 11) is 0. The minimum atomic E-state index is -0.478. The van der Waals surface area contributed by atoms with Crippen LogP contribution in [0.3, 0.4) is 0 Å². The molecule has 7 heteroatoms. The van der Waals surface area contributed by atoms with Gasteiger partial charge in [-0.05, 0) is 77.8 Å². The Balaban J connectivity index is 1.53. The predicted octanol–water partition coefficient (Wildman–Crippen LogP) is 6.55. The van der Waals surface area contributed by atoms with Crippen molar-refractivity contribution >= 4 is 18.1 Å². The zero-order chi connectivity index (χ0) is 28.5. The molecule has 1 amide bonds. The summed E-state index contributed by atoms with van der Waals surface area (Å²) in [6.07, 6.45) is 2.53. The summed E-state index contributed by atoms with van der Waals surface area (Å²) < 4.78 is 16.8. The maximum Gasteiger partial charge on any atom is 0.343 e. The molecule has 3 aromatic rings. The lowest BCUT2D eigenvalue weighted by Gasteiger charge is -2.33. The highest BCUT2D eigenvalue weighted by Crippen LogP contribution is 2.36. The second-order valence-electron chi connectivity index (χ2n) is 11.1. The van der Waals surface area contributed by atoms with E-state index in [-0.39, 0.29) is 23.3 Å². The van der Waals surface area contributed by atoms with E-state index < -0.39 is 5.97 Å². The van der Waals surface area contributed by atoms with Crippen LogP contribution >= 0.6 is 0 Å². The van der Waals surface area contributed by atoms with Gasteiger partial charge in [0.25, 0.3) is 5.91 Å². The highest BCUT2D eigenvalue weighted by Gasteiger charge is 2.27. The van der Waals surface area contributed by atoms with Crippen LogP contribution in [0.5, 0.6) is 17.2 Å². The molecule has 0 radical (unpaired) electrons. The Kier molecular flexibility index (Phi) is 9.88. The molecule has 0 aliphatic heterocycles. The fourth-order valence-electron chi connectivity index (χ4n) is 4.48. The van der Waals surface area contributed by atoms with E-state index in [2.05, 4.69) is 45.1 Å². The van der Waals surface area contributed by atoms with E-state index >= 15 is 0 Å². The number of hydrogen-bond acceptors (Lipinski definition) is 6. The van der Waals surface area contributed by atoms with Crippen molar-refractivity contribution in [2.24, 2.45) is 10.5 Å². The van der Waals surface area contributed by atoms with Crippen molar-refractivity contribution in [3.8, 4) is 17.2 Å². The number of rotatable bonds is 11. The number of carbonyl (C=O) groups is 2. The first kappa shape index (κ1) is 29.4. The maximum absolute atomic E-state index is 12.4. The van der Waals surface area contributed by atoms with Gasteiger partial charge in [0.2, 0.25) is 0 Å². The van der Waals surface area contributed by atoms with Gasteiger partial charge >= 0.3 is 5.97 Å². The van der Waals surface area contributed by atoms with Crippen LogP contribution in [-0.4, -0.2) is 31.3 Å². The molecule has 0 aliphatic carbocycles. The number of amides is 1. The van der Waals surface area contributed by atoms with E-state index in [9.17, 15) is 9.59 Å². The van der Waals surface area contributed by atoms with Gasteiger partial charge in [0.1, 0.15) is 5.75 Å². The molecule has 0 unspecified atom stereocenters. The Hall–Kier alpha value is -4.13. The van der Waals surface area contributed by atoms with Crippen molar-refractivity contribution in [1.29, 1.82) is 0 Å². The monoisotopic (exact) mass is 530 g/mol. The first-order valence-electron chi connectivity index (χ1n) is 13.1. The van der Waals surface area contributed by atoms with Crippen molar-refractivity contribution < 1.29 is 23.8 Å². The quantitative estimate of drug-likeness (QED) is 0.132. The SMILES string of the molecule is CCOc1cc(C=NNC(=O)COc2ccc(C(C)(C)CC(C)(C)C)cc2)ccc1OC(=O)c1ccccc1. The summed E-state index contributed by atoms with van der Waals surface area (Å²) in [6, 6.07) is 21.6. The fourth-order valence-corrected chi connectivity index (χ4v) is 4.48. The zero-order valence-electron chi connectivity index (χ0n) is 23.6. The number of hydrazone groups is 1. The summed E-state index contributed by atoms with van der Waals surface area (Å²) in [5.74, 6) is 0.448. The van der Waals surface area contributed by atoms with Gasteiger partial charge in [0, 0.05) is 0 Å². The lowest BCUT2D eigenvalue weighted by atomic mass is 9.72. The van der Waals surface area contributed by atoms with E-state index in [1.807, 2.05) is 37.3 Å². The smallest absolute Gasteiger partial charge is 0.343 e. The van der Waals surface area contributed by atoms with E-state index in [1.165, 1.54) is 11.8 Å². The van der Waals surface area contributed by atoms with Gasteiger partial charge in [0.15, 0.2) is 18.1 Å². The molecular weight excluding hydrogens is 492 g/mol. The van der Waals surface area contributed by atoms with Crippen LogP contribution in [0.15, 0.2) is 77.9 Å². The number of esters is 1. The average molecular weight is 531 g/mol. The molecule has 39 heavy (non-hydrogen) atoms. The molecule has 0 spiro atoms. The number of ether oxygens (including phenoxy) is 3. The van der Waals surface area contributed by atoms with E-state index in [0.717, 1.165) is 6.42 Å². The Bertz CT molecular complexity index is 1280. The summed E-state index contributed by atoms with van der Waals surface area (Å²) in [6.45, 7) is 13.3. The van der Waals surface area contributed by atoms with Crippen LogP contribution in [0, 0.1) is 5.41 Å². The van der Waals surface area contributed by atoms with Crippen LogP contribution in [0.25, 0.3) is 0 Å². The summed E-state index contributed by atoms with van der Waals surface area (Å²) in [5.41, 5.74) is 5.05. The normalized spacial score (nSPS) is 11.7. The molecule has 0 atom stereocenters. The minimum absolute atomic E-state index is 0.0344. The molecule has 206 valence electrons. The van der Waals surface area contributed by atoms with Crippen LogP contribution in [0.1, 0.15) is 69.4 Å². The van der Waals surface area contributed by atoms with Crippen molar-refractivity contribution in [2.75, 3.05) is 13.2 Å². The molecule has 3 aromatic carbocycles. The second kappa shape index (κ2) is 13.1. The largest absolute Gasteiger partial charge is 0.490 e. The lowest BCUT2D eigenvalue weighted by molar-refractivity contribution is -0.123. The Morgan fingerprint density at radius 1 is 0.872 bits per heavy atom. The Morgan fingerprint density at radius 3 is 2.21 bits per heavy atom. The van der Waals surface area contributed by atoms with Gasteiger partial charge < -0.3 is 14.2 Å². The third-order valence-electron chi connectivity index (χ3n) is 5.86. The van der Waals surface area contributed by atoms with Gasteiger partial charge in [-0.2, -0.15) is 5.10 Å². The predicted molar refractivity (Wildman–Crippen MR) is 154 cm³/mol. The van der Waals surface area contributed by atoms with Gasteiger partial charge in [-0.25, -0.2) is 10.2 Å². The summed E-state index contributed by atoms with van der Waals surface area (Å²) in [4.78, 5) is 24.7. The molecule has 0 aromatic heterocycles. The first-order valence-corrected chi connectivity index (χ1v) is 13.1. The van der Waals surface area contributed by atoms with Gasteiger partial charge in [-0.15, -0.1) is 0 Å². The van der Waals surface area contributed by atoms with E-state index in [1.54, 1.807) is 42.5 Å². The summed E-state index contributed by atoms with van der Waals surface area (Å²) >= 11 is 0. The number of benzene rings is 3. The van der Waals surface area contributed by atoms with E-state index in [4.69, 9.17) is 14.2 Å². The number of hydrogen-bond donors (Lipinski definition) is 1. The molecule has 0 aliphatic rings. The highest BCUT2D eigenvalue weighted by molar-refractivity contribution is 5.91. The number of nitrogens with one attached hydrogen (secondary N) is 1. The van der Waals surface area contributed by atoms with Crippen molar-refractivity contribution in [2.45, 2.75) is 53.4 Å². The molecule has 0 saturated heterocycles. The molecular formula is C32H38N2O5. The Labute approximate surface area is 231 Å². The third kappa shape index (κ3) is 9.28. The van der Waals surface area contributed by atoms with Crippen molar-refractivity contribution in [1.82, 2.24) is 5.43 Å². The summed E-state index contributed by atoms with van der Waals surface area (Å²) in [5, 5.41) is 4.01. The van der Waals surface area contributed by atoms with Gasteiger partial charge in [-0.3, -0.25) is 4.79 Å². The van der Waals surface area contributed by atoms with Gasteiger partial charge in [0.05, 0.1) is 18.4 Å². The molecule has 3 rings (SSSR count). The second-order valence-corrected chi connectivity index (χ2v) is 11.1. The van der Waals surface area contributed by atoms with Crippen molar-refractivity contribution in [3.05, 3.63) is 89.5 Å². The van der Waals surface area contributed by atoms with E-state index in [0.29, 0.717) is 35.0 Å². The number of carbonyl (C=O) groups excluding carboxylic acids is 2. The topological polar surface area (TPSA) is 86.2 Å². The molecule has 0 fully saturated rings. The maximum atomic E-state index is 12.4. The average Bonchev–Trinajstić information content (AvgIpc) is 2.88. The van der Waals surface area contributed by atoms with Crippen molar-refractivity contribution in [3.63, 3.8) is 0 Å². The molecule has 0 bridgehead atoms.